The van der Waals surface area contributed by atoms with E-state index < -0.39 is 11.1 Å². The van der Waals surface area contributed by atoms with Crippen LogP contribution in [0.25, 0.3) is 16.7 Å². The fourth-order valence-corrected chi connectivity index (χ4v) is 5.50. The largest absolute Gasteiger partial charge is 0.444 e. The van der Waals surface area contributed by atoms with E-state index >= 15 is 0 Å². The average Bonchev–Trinajstić information content (AvgIpc) is 3.41. The molecule has 0 radical (unpaired) electrons. The number of carbonyl (C=O) groups excluding carboxylic acids is 1. The van der Waals surface area contributed by atoms with Crippen LogP contribution in [0.2, 0.25) is 0 Å². The second-order valence-corrected chi connectivity index (χ2v) is 12.7. The summed E-state index contributed by atoms with van der Waals surface area (Å²) >= 11 is 0. The molecule has 0 atom stereocenters. The predicted molar refractivity (Wildman–Crippen MR) is 167 cm³/mol. The first kappa shape index (κ1) is 28.3. The van der Waals surface area contributed by atoms with Gasteiger partial charge in [-0.15, -0.1) is 0 Å². The third-order valence-corrected chi connectivity index (χ3v) is 7.65. The van der Waals surface area contributed by atoms with Gasteiger partial charge in [-0.2, -0.15) is 5.10 Å². The number of rotatable bonds is 5. The zero-order valence-corrected chi connectivity index (χ0v) is 25.5. The van der Waals surface area contributed by atoms with Crippen LogP contribution in [-0.2, 0) is 11.2 Å². The van der Waals surface area contributed by atoms with E-state index in [0.29, 0.717) is 31.0 Å². The van der Waals surface area contributed by atoms with E-state index in [1.165, 1.54) is 16.7 Å². The number of benzene rings is 1. The van der Waals surface area contributed by atoms with Crippen LogP contribution in [0.5, 0.6) is 0 Å². The Labute approximate surface area is 250 Å². The van der Waals surface area contributed by atoms with Gasteiger partial charge in [-0.05, 0) is 101 Å². The number of aromatic nitrogens is 6. The highest BCUT2D eigenvalue weighted by molar-refractivity contribution is 5.88. The number of nitrogens with zero attached hydrogens (tertiary/aromatic N) is 8. The number of anilines is 3. The van der Waals surface area contributed by atoms with Gasteiger partial charge in [-0.3, -0.25) is 4.90 Å². The van der Waals surface area contributed by atoms with Crippen molar-refractivity contribution in [3.8, 4) is 0 Å². The molecule has 1 aliphatic rings. The third-order valence-electron chi connectivity index (χ3n) is 7.65. The second-order valence-electron chi connectivity index (χ2n) is 12.7. The molecule has 0 aliphatic carbocycles. The zero-order chi connectivity index (χ0) is 30.4. The number of hydrogen-bond acceptors (Lipinski definition) is 9. The summed E-state index contributed by atoms with van der Waals surface area (Å²) < 4.78 is 7.43. The molecule has 43 heavy (non-hydrogen) atoms. The van der Waals surface area contributed by atoms with E-state index in [1.807, 2.05) is 44.0 Å². The molecule has 11 nitrogen and oxygen atoms in total. The van der Waals surface area contributed by atoms with Crippen LogP contribution < -0.4 is 10.2 Å². The van der Waals surface area contributed by atoms with E-state index in [4.69, 9.17) is 9.72 Å². The lowest BCUT2D eigenvalue weighted by molar-refractivity contribution is 0.000313. The number of piperazine rings is 1. The molecule has 1 N–H and O–H groups in total. The monoisotopic (exact) mass is 579 g/mol. The highest BCUT2D eigenvalue weighted by Crippen LogP contribution is 2.30. The fourth-order valence-electron chi connectivity index (χ4n) is 5.50. The third kappa shape index (κ3) is 6.06. The first-order valence-corrected chi connectivity index (χ1v) is 14.5. The maximum Gasteiger partial charge on any atom is 0.410 e. The summed E-state index contributed by atoms with van der Waals surface area (Å²) in [7, 11) is 0. The quantitative estimate of drug-likeness (QED) is 0.286. The van der Waals surface area contributed by atoms with Gasteiger partial charge >= 0.3 is 6.09 Å². The Balaban J connectivity index is 1.20. The Kier molecular flexibility index (Phi) is 7.11. The molecule has 4 aromatic heterocycles. The standard InChI is InChI=1S/C32H37N9O2/c1-21-15-24(8-7-23(21)16-22-11-12-41-27(17-22)34-20-36-41)37-29-28-25(33-19-35-29)9-10-26(38-28)39-13-14-40(32(5,6)18-39)30(42)43-31(2,3)4/h7-12,15,17,19-20H,13-14,16,18H2,1-6H3,(H,33,35,37). The molecule has 222 valence electrons. The molecule has 5 heterocycles. The van der Waals surface area contributed by atoms with Crippen LogP contribution in [0.15, 0.2) is 61.3 Å². The van der Waals surface area contributed by atoms with Crippen LogP contribution in [0.4, 0.5) is 22.1 Å². The number of ether oxygens (including phenoxy) is 1. The molecule has 1 fully saturated rings. The summed E-state index contributed by atoms with van der Waals surface area (Å²) in [4.78, 5) is 35.2. The van der Waals surface area contributed by atoms with Gasteiger partial charge in [0.05, 0.1) is 11.1 Å². The summed E-state index contributed by atoms with van der Waals surface area (Å²) in [5, 5.41) is 7.64. The number of aryl methyl sites for hydroxylation is 1. The van der Waals surface area contributed by atoms with Crippen molar-refractivity contribution in [3.05, 3.63) is 78.0 Å². The molecule has 1 aromatic carbocycles. The molecule has 1 aliphatic heterocycles. The van der Waals surface area contributed by atoms with Crippen molar-refractivity contribution in [1.29, 1.82) is 0 Å². The number of nitrogens with one attached hydrogen (secondary N) is 1. The Bertz CT molecular complexity index is 1810. The van der Waals surface area contributed by atoms with Crippen molar-refractivity contribution in [2.24, 2.45) is 0 Å². The number of carbonyl (C=O) groups is 1. The molecule has 0 saturated carbocycles. The summed E-state index contributed by atoms with van der Waals surface area (Å²) in [5.74, 6) is 1.46. The lowest BCUT2D eigenvalue weighted by atomic mass is 9.99. The summed E-state index contributed by atoms with van der Waals surface area (Å²) in [6.45, 7) is 13.7. The van der Waals surface area contributed by atoms with Crippen LogP contribution >= 0.6 is 0 Å². The smallest absolute Gasteiger partial charge is 0.410 e. The topological polar surface area (TPSA) is 114 Å². The SMILES string of the molecule is Cc1cc(Nc2ncnc3ccc(N4CCN(C(=O)OC(C)(C)C)C(C)(C)C4)nc23)ccc1Cc1ccn2ncnc2c1. The van der Waals surface area contributed by atoms with Crippen LogP contribution in [0, 0.1) is 6.92 Å². The molecule has 1 amide bonds. The molecular weight excluding hydrogens is 542 g/mol. The Morgan fingerprint density at radius 3 is 2.63 bits per heavy atom. The van der Waals surface area contributed by atoms with Gasteiger partial charge in [0, 0.05) is 31.5 Å². The lowest BCUT2D eigenvalue weighted by Crippen LogP contribution is -2.62. The van der Waals surface area contributed by atoms with Crippen molar-refractivity contribution in [3.63, 3.8) is 0 Å². The van der Waals surface area contributed by atoms with Crippen LogP contribution in [0.1, 0.15) is 51.3 Å². The van der Waals surface area contributed by atoms with E-state index in [1.54, 1.807) is 17.2 Å². The normalized spacial score (nSPS) is 15.2. The zero-order valence-electron chi connectivity index (χ0n) is 25.5. The van der Waals surface area contributed by atoms with Gasteiger partial charge < -0.3 is 15.0 Å². The van der Waals surface area contributed by atoms with Crippen molar-refractivity contribution >= 4 is 40.1 Å². The van der Waals surface area contributed by atoms with Gasteiger partial charge in [-0.1, -0.05) is 6.07 Å². The van der Waals surface area contributed by atoms with Gasteiger partial charge in [0.2, 0.25) is 0 Å². The summed E-state index contributed by atoms with van der Waals surface area (Å²) in [6.07, 6.45) is 5.56. The minimum Gasteiger partial charge on any atom is -0.444 e. The van der Waals surface area contributed by atoms with Crippen molar-refractivity contribution in [2.45, 2.75) is 59.1 Å². The maximum atomic E-state index is 12.9. The average molecular weight is 580 g/mol. The van der Waals surface area contributed by atoms with Gasteiger partial charge in [0.25, 0.3) is 0 Å². The Morgan fingerprint density at radius 1 is 1.02 bits per heavy atom. The second kappa shape index (κ2) is 10.8. The molecule has 5 aromatic rings. The van der Waals surface area contributed by atoms with E-state index in [0.717, 1.165) is 29.1 Å². The molecule has 0 bridgehead atoms. The molecule has 11 heteroatoms. The number of hydrogen-bond donors (Lipinski definition) is 1. The van der Waals surface area contributed by atoms with E-state index in [9.17, 15) is 4.79 Å². The maximum absolute atomic E-state index is 12.9. The van der Waals surface area contributed by atoms with E-state index in [2.05, 4.69) is 81.4 Å². The van der Waals surface area contributed by atoms with Crippen molar-refractivity contribution in [1.82, 2.24) is 34.4 Å². The molecular formula is C32H37N9O2. The molecule has 6 rings (SSSR count). The first-order valence-electron chi connectivity index (χ1n) is 14.5. The number of pyridine rings is 2. The molecule has 1 saturated heterocycles. The Hall–Kier alpha value is -4.80. The number of fused-ring (bicyclic) bond motifs is 2. The summed E-state index contributed by atoms with van der Waals surface area (Å²) in [6, 6.07) is 14.4. The van der Waals surface area contributed by atoms with Gasteiger partial charge in [-0.25, -0.2) is 29.2 Å². The summed E-state index contributed by atoms with van der Waals surface area (Å²) in [5.41, 5.74) is 5.81. The van der Waals surface area contributed by atoms with E-state index in [-0.39, 0.29) is 6.09 Å². The van der Waals surface area contributed by atoms with Crippen LogP contribution in [0.3, 0.4) is 0 Å². The highest BCUT2D eigenvalue weighted by Gasteiger charge is 2.39. The minimum atomic E-state index is -0.542. The molecule has 0 spiro atoms. The predicted octanol–water partition coefficient (Wildman–Crippen LogP) is 5.55. The van der Waals surface area contributed by atoms with Crippen molar-refractivity contribution in [2.75, 3.05) is 29.9 Å². The highest BCUT2D eigenvalue weighted by atomic mass is 16.6. The van der Waals surface area contributed by atoms with Crippen LogP contribution in [-0.4, -0.2) is 71.3 Å². The first-order chi connectivity index (χ1) is 20.4. The van der Waals surface area contributed by atoms with Gasteiger partial charge in [0.1, 0.15) is 29.6 Å². The Morgan fingerprint density at radius 2 is 1.86 bits per heavy atom. The minimum absolute atomic E-state index is 0.291. The fraction of sp³-hybridized carbons (Fsp3) is 0.375. The van der Waals surface area contributed by atoms with Crippen molar-refractivity contribution < 1.29 is 9.53 Å². The lowest BCUT2D eigenvalue weighted by Gasteiger charge is -2.47. The molecule has 0 unspecified atom stereocenters. The number of amides is 1. The van der Waals surface area contributed by atoms with Gasteiger partial charge in [0.15, 0.2) is 11.5 Å².